The van der Waals surface area contributed by atoms with Gasteiger partial charge in [-0.1, -0.05) is 25.0 Å². The van der Waals surface area contributed by atoms with E-state index in [1.807, 2.05) is 6.07 Å². The summed E-state index contributed by atoms with van der Waals surface area (Å²) in [4.78, 5) is 4.76. The first kappa shape index (κ1) is 14.5. The Morgan fingerprint density at radius 3 is 3.09 bits per heavy atom. The maximum absolute atomic E-state index is 9.18. The van der Waals surface area contributed by atoms with Crippen molar-refractivity contribution in [3.63, 3.8) is 0 Å². The molecule has 1 saturated heterocycles. The third-order valence-corrected chi connectivity index (χ3v) is 4.20. The molecule has 2 aromatic rings. The summed E-state index contributed by atoms with van der Waals surface area (Å²) in [6.45, 7) is 1.92. The van der Waals surface area contributed by atoms with E-state index in [0.717, 1.165) is 42.4 Å². The Morgan fingerprint density at radius 2 is 2.36 bits per heavy atom. The molecular formula is C16H17BN4O. The summed E-state index contributed by atoms with van der Waals surface area (Å²) in [5.41, 5.74) is 2.50. The van der Waals surface area contributed by atoms with Crippen molar-refractivity contribution in [3.8, 4) is 23.7 Å². The number of nitriles is 1. The fraction of sp³-hybridized carbons (Fsp3) is 0.438. The molecule has 6 heteroatoms. The molecule has 0 aromatic carbocycles. The Kier molecular flexibility index (Phi) is 4.02. The van der Waals surface area contributed by atoms with Gasteiger partial charge in [-0.2, -0.15) is 9.61 Å². The largest absolute Gasteiger partial charge is 0.481 e. The van der Waals surface area contributed by atoms with E-state index in [1.165, 1.54) is 0 Å². The Bertz CT molecular complexity index is 796. The first-order valence-corrected chi connectivity index (χ1v) is 7.51. The number of hydrogen-bond acceptors (Lipinski definition) is 4. The molecule has 22 heavy (non-hydrogen) atoms. The van der Waals surface area contributed by atoms with Gasteiger partial charge in [0, 0.05) is 12.0 Å². The minimum absolute atomic E-state index is 0.127. The van der Waals surface area contributed by atoms with Crippen LogP contribution in [-0.4, -0.2) is 28.4 Å². The maximum Gasteiger partial charge on any atom is 0.268 e. The average Bonchev–Trinajstić information content (AvgIpc) is 2.97. The van der Waals surface area contributed by atoms with Crippen LogP contribution in [-0.2, 0) is 0 Å². The van der Waals surface area contributed by atoms with Crippen LogP contribution in [0.4, 0.5) is 0 Å². The lowest BCUT2D eigenvalue weighted by molar-refractivity contribution is 0.383. The second kappa shape index (κ2) is 6.11. The lowest BCUT2D eigenvalue weighted by Gasteiger charge is -2.23. The van der Waals surface area contributed by atoms with Crippen LogP contribution in [0, 0.1) is 23.1 Å². The van der Waals surface area contributed by atoms with Crippen molar-refractivity contribution < 1.29 is 4.74 Å². The Balaban J connectivity index is 2.07. The molecule has 1 unspecified atom stereocenters. The molecule has 0 aliphatic carbocycles. The second-order valence-electron chi connectivity index (χ2n) is 5.58. The van der Waals surface area contributed by atoms with Gasteiger partial charge in [0.05, 0.1) is 24.6 Å². The Hall–Kier alpha value is -2.47. The summed E-state index contributed by atoms with van der Waals surface area (Å²) in [7, 11) is 1.63. The van der Waals surface area contributed by atoms with Gasteiger partial charge in [-0.25, -0.2) is 10.2 Å². The number of rotatable bonds is 2. The lowest BCUT2D eigenvalue weighted by atomic mass is 9.41. The molecule has 0 N–H and O–H groups in total. The molecule has 1 atom stereocenters. The predicted octanol–water partition coefficient (Wildman–Crippen LogP) is 2.54. The van der Waals surface area contributed by atoms with Gasteiger partial charge in [-0.15, -0.1) is 5.92 Å². The summed E-state index contributed by atoms with van der Waals surface area (Å²) in [5, 5.41) is 13.5. The summed E-state index contributed by atoms with van der Waals surface area (Å²) in [5.74, 6) is 9.27. The van der Waals surface area contributed by atoms with E-state index in [4.69, 9.17) is 9.72 Å². The Labute approximate surface area is 130 Å². The van der Waals surface area contributed by atoms with E-state index < -0.39 is 0 Å². The number of hydrogen-bond donors (Lipinski definition) is 0. The minimum Gasteiger partial charge on any atom is -0.481 e. The zero-order chi connectivity index (χ0) is 15.5. The smallest absolute Gasteiger partial charge is 0.268 e. The molecule has 5 nitrogen and oxygen atoms in total. The monoisotopic (exact) mass is 292 g/mol. The standard InChI is InChI=1S/C16H17BN4O/c1-3-5-13-10-19-21-15(22-2)8-14(20-16(13)21)12-6-4-7-17(9-12)11-18/h8,10,12H,4,6-7,9H2,1-2H3. The molecule has 0 bridgehead atoms. The van der Waals surface area contributed by atoms with E-state index >= 15 is 0 Å². The van der Waals surface area contributed by atoms with E-state index in [-0.39, 0.29) is 6.71 Å². The van der Waals surface area contributed by atoms with Crippen LogP contribution >= 0.6 is 0 Å². The highest BCUT2D eigenvalue weighted by molar-refractivity contribution is 6.67. The van der Waals surface area contributed by atoms with Gasteiger partial charge in [0.15, 0.2) is 5.65 Å². The third kappa shape index (κ3) is 2.53. The quantitative estimate of drug-likeness (QED) is 0.630. The van der Waals surface area contributed by atoms with Gasteiger partial charge in [0.2, 0.25) is 5.88 Å². The summed E-state index contributed by atoms with van der Waals surface area (Å²) >= 11 is 0. The van der Waals surface area contributed by atoms with Crippen LogP contribution in [0.1, 0.15) is 36.9 Å². The van der Waals surface area contributed by atoms with Gasteiger partial charge in [0.1, 0.15) is 0 Å². The van der Waals surface area contributed by atoms with Crippen molar-refractivity contribution in [1.29, 1.82) is 5.26 Å². The maximum atomic E-state index is 9.18. The predicted molar refractivity (Wildman–Crippen MR) is 85.0 cm³/mol. The molecule has 3 heterocycles. The van der Waals surface area contributed by atoms with Crippen LogP contribution in [0.15, 0.2) is 12.3 Å². The number of methoxy groups -OCH3 is 1. The minimum atomic E-state index is 0.127. The second-order valence-corrected chi connectivity index (χ2v) is 5.58. The molecule has 110 valence electrons. The van der Waals surface area contributed by atoms with Gasteiger partial charge < -0.3 is 4.74 Å². The van der Waals surface area contributed by atoms with Crippen molar-refractivity contribution in [2.24, 2.45) is 0 Å². The molecule has 1 aliphatic heterocycles. The molecular weight excluding hydrogens is 275 g/mol. The van der Waals surface area contributed by atoms with Gasteiger partial charge >= 0.3 is 0 Å². The zero-order valence-corrected chi connectivity index (χ0v) is 12.8. The molecule has 0 spiro atoms. The molecule has 0 saturated carbocycles. The average molecular weight is 292 g/mol. The fourth-order valence-corrected chi connectivity index (χ4v) is 3.11. The molecule has 1 aliphatic rings. The van der Waals surface area contributed by atoms with Crippen molar-refractivity contribution in [2.45, 2.75) is 38.3 Å². The Morgan fingerprint density at radius 1 is 1.50 bits per heavy atom. The SMILES string of the molecule is CC#Cc1cnn2c(OC)cc(C3CCCB(C#N)C3)nc12. The summed E-state index contributed by atoms with van der Waals surface area (Å²) < 4.78 is 7.13. The van der Waals surface area contributed by atoms with Crippen LogP contribution in [0.5, 0.6) is 5.88 Å². The van der Waals surface area contributed by atoms with Crippen molar-refractivity contribution in [1.82, 2.24) is 14.6 Å². The highest BCUT2D eigenvalue weighted by atomic mass is 16.5. The van der Waals surface area contributed by atoms with Crippen LogP contribution in [0.3, 0.4) is 0 Å². The lowest BCUT2D eigenvalue weighted by Crippen LogP contribution is -2.21. The van der Waals surface area contributed by atoms with Crippen LogP contribution in [0.2, 0.25) is 12.6 Å². The van der Waals surface area contributed by atoms with Crippen molar-refractivity contribution in [2.75, 3.05) is 7.11 Å². The highest BCUT2D eigenvalue weighted by Crippen LogP contribution is 2.34. The van der Waals surface area contributed by atoms with Crippen LogP contribution in [0.25, 0.3) is 5.65 Å². The van der Waals surface area contributed by atoms with Crippen molar-refractivity contribution >= 4 is 12.4 Å². The normalized spacial score (nSPS) is 17.7. The van der Waals surface area contributed by atoms with E-state index in [0.29, 0.717) is 11.8 Å². The fourth-order valence-electron chi connectivity index (χ4n) is 3.11. The van der Waals surface area contributed by atoms with E-state index in [2.05, 4.69) is 22.9 Å². The van der Waals surface area contributed by atoms with Gasteiger partial charge in [-0.05, 0) is 19.3 Å². The zero-order valence-electron chi connectivity index (χ0n) is 12.8. The molecule has 2 aromatic heterocycles. The van der Waals surface area contributed by atoms with E-state index in [1.54, 1.807) is 24.7 Å². The number of nitrogens with zero attached hydrogens (tertiary/aromatic N) is 4. The van der Waals surface area contributed by atoms with Gasteiger partial charge in [0.25, 0.3) is 6.71 Å². The summed E-state index contributed by atoms with van der Waals surface area (Å²) in [6.07, 6.45) is 5.70. The molecule has 0 radical (unpaired) electrons. The van der Waals surface area contributed by atoms with Crippen LogP contribution < -0.4 is 4.74 Å². The topological polar surface area (TPSA) is 63.2 Å². The number of fused-ring (bicyclic) bond motifs is 1. The molecule has 3 rings (SSSR count). The summed E-state index contributed by atoms with van der Waals surface area (Å²) in [6, 6.07) is 1.94. The highest BCUT2D eigenvalue weighted by Gasteiger charge is 2.28. The molecule has 0 amide bonds. The van der Waals surface area contributed by atoms with Crippen molar-refractivity contribution in [3.05, 3.63) is 23.5 Å². The first-order chi connectivity index (χ1) is 10.8. The van der Waals surface area contributed by atoms with E-state index in [9.17, 15) is 5.26 Å². The third-order valence-electron chi connectivity index (χ3n) is 4.20. The number of ether oxygens (including phenoxy) is 1. The molecule has 1 fully saturated rings. The first-order valence-electron chi connectivity index (χ1n) is 7.51. The number of aromatic nitrogens is 3. The van der Waals surface area contributed by atoms with Gasteiger partial charge in [-0.3, -0.25) is 0 Å².